The van der Waals surface area contributed by atoms with Crippen LogP contribution < -0.4 is 10.2 Å². The van der Waals surface area contributed by atoms with Crippen molar-refractivity contribution in [2.45, 2.75) is 25.8 Å². The number of hydrogen-bond donors (Lipinski definition) is 1. The standard InChI is InChI=1S/C17H24N2S/c1-4-10-18-17(13-16-9-6-11-20-16)14-7-5-8-15(12-14)19(2)3/h5-9,11-12,17-18H,4,10,13H2,1-3H3. The van der Waals surface area contributed by atoms with Gasteiger partial charge >= 0.3 is 0 Å². The summed E-state index contributed by atoms with van der Waals surface area (Å²) in [5.74, 6) is 0. The number of hydrogen-bond acceptors (Lipinski definition) is 3. The van der Waals surface area contributed by atoms with Crippen LogP contribution >= 0.6 is 11.3 Å². The van der Waals surface area contributed by atoms with Crippen molar-refractivity contribution < 1.29 is 0 Å². The zero-order valence-corrected chi connectivity index (χ0v) is 13.4. The van der Waals surface area contributed by atoms with Crippen molar-refractivity contribution in [2.24, 2.45) is 0 Å². The molecule has 1 aromatic heterocycles. The Morgan fingerprint density at radius 2 is 2.05 bits per heavy atom. The fraction of sp³-hybridized carbons (Fsp3) is 0.412. The zero-order valence-electron chi connectivity index (χ0n) is 12.6. The van der Waals surface area contributed by atoms with Crippen LogP contribution in [-0.4, -0.2) is 20.6 Å². The molecule has 3 heteroatoms. The van der Waals surface area contributed by atoms with E-state index in [1.165, 1.54) is 16.1 Å². The van der Waals surface area contributed by atoms with Gasteiger partial charge in [-0.3, -0.25) is 0 Å². The Labute approximate surface area is 126 Å². The zero-order chi connectivity index (χ0) is 14.4. The highest BCUT2D eigenvalue weighted by Crippen LogP contribution is 2.24. The lowest BCUT2D eigenvalue weighted by molar-refractivity contribution is 0.532. The third-order valence-corrected chi connectivity index (χ3v) is 4.31. The molecular formula is C17H24N2S. The minimum absolute atomic E-state index is 0.397. The van der Waals surface area contributed by atoms with Gasteiger partial charge in [-0.15, -0.1) is 11.3 Å². The maximum atomic E-state index is 3.68. The van der Waals surface area contributed by atoms with Crippen LogP contribution in [0.3, 0.4) is 0 Å². The second-order valence-electron chi connectivity index (χ2n) is 5.28. The molecule has 2 aromatic rings. The lowest BCUT2D eigenvalue weighted by Crippen LogP contribution is -2.24. The minimum Gasteiger partial charge on any atom is -0.378 e. The normalized spacial score (nSPS) is 12.3. The Hall–Kier alpha value is -1.32. The Bertz CT molecular complexity index is 505. The first-order valence-electron chi connectivity index (χ1n) is 7.23. The molecule has 1 aromatic carbocycles. The van der Waals surface area contributed by atoms with E-state index in [1.54, 1.807) is 0 Å². The summed E-state index contributed by atoms with van der Waals surface area (Å²) < 4.78 is 0. The lowest BCUT2D eigenvalue weighted by atomic mass is 10.0. The van der Waals surface area contributed by atoms with Gasteiger partial charge in [0.15, 0.2) is 0 Å². The van der Waals surface area contributed by atoms with E-state index in [2.05, 4.69) is 73.0 Å². The molecule has 0 aliphatic carbocycles. The highest BCUT2D eigenvalue weighted by atomic mass is 32.1. The molecular weight excluding hydrogens is 264 g/mol. The maximum Gasteiger partial charge on any atom is 0.0369 e. The van der Waals surface area contributed by atoms with E-state index in [0.29, 0.717) is 6.04 Å². The van der Waals surface area contributed by atoms with Crippen LogP contribution in [0, 0.1) is 0 Å². The molecule has 1 N–H and O–H groups in total. The molecule has 1 unspecified atom stereocenters. The number of benzene rings is 1. The second kappa shape index (κ2) is 7.46. The Morgan fingerprint density at radius 1 is 1.20 bits per heavy atom. The first-order valence-corrected chi connectivity index (χ1v) is 8.11. The van der Waals surface area contributed by atoms with Crippen molar-refractivity contribution >= 4 is 17.0 Å². The van der Waals surface area contributed by atoms with Crippen LogP contribution in [0.4, 0.5) is 5.69 Å². The number of nitrogens with zero attached hydrogens (tertiary/aromatic N) is 1. The monoisotopic (exact) mass is 288 g/mol. The highest BCUT2D eigenvalue weighted by molar-refractivity contribution is 7.09. The summed E-state index contributed by atoms with van der Waals surface area (Å²) in [4.78, 5) is 3.60. The second-order valence-corrected chi connectivity index (χ2v) is 6.31. The molecule has 0 bridgehead atoms. The van der Waals surface area contributed by atoms with Crippen molar-refractivity contribution in [2.75, 3.05) is 25.5 Å². The van der Waals surface area contributed by atoms with Crippen LogP contribution in [0.1, 0.15) is 29.8 Å². The third kappa shape index (κ3) is 4.09. The predicted octanol–water partition coefficient (Wildman–Crippen LogP) is 4.10. The molecule has 0 saturated carbocycles. The maximum absolute atomic E-state index is 3.68. The van der Waals surface area contributed by atoms with E-state index in [9.17, 15) is 0 Å². The highest BCUT2D eigenvalue weighted by Gasteiger charge is 2.13. The quantitative estimate of drug-likeness (QED) is 0.825. The van der Waals surface area contributed by atoms with Crippen LogP contribution in [0.25, 0.3) is 0 Å². The number of rotatable bonds is 7. The summed E-state index contributed by atoms with van der Waals surface area (Å²) in [5, 5.41) is 5.83. The molecule has 0 fully saturated rings. The number of nitrogens with one attached hydrogen (secondary N) is 1. The van der Waals surface area contributed by atoms with Gasteiger partial charge in [-0.2, -0.15) is 0 Å². The summed E-state index contributed by atoms with van der Waals surface area (Å²) in [6.45, 7) is 3.27. The third-order valence-electron chi connectivity index (χ3n) is 3.42. The lowest BCUT2D eigenvalue weighted by Gasteiger charge is -2.21. The van der Waals surface area contributed by atoms with Crippen LogP contribution in [0.15, 0.2) is 41.8 Å². The van der Waals surface area contributed by atoms with Crippen molar-refractivity contribution in [3.8, 4) is 0 Å². The summed E-state index contributed by atoms with van der Waals surface area (Å²) in [7, 11) is 4.18. The fourth-order valence-corrected chi connectivity index (χ4v) is 3.03. The van der Waals surface area contributed by atoms with Gasteiger partial charge in [-0.05, 0) is 42.1 Å². The van der Waals surface area contributed by atoms with Crippen molar-refractivity contribution in [1.29, 1.82) is 0 Å². The topological polar surface area (TPSA) is 15.3 Å². The summed E-state index contributed by atoms with van der Waals surface area (Å²) in [6, 6.07) is 13.6. The first-order chi connectivity index (χ1) is 9.70. The molecule has 0 amide bonds. The van der Waals surface area contributed by atoms with Gasteiger partial charge in [0.05, 0.1) is 0 Å². The van der Waals surface area contributed by atoms with Gasteiger partial charge in [0.1, 0.15) is 0 Å². The van der Waals surface area contributed by atoms with E-state index < -0.39 is 0 Å². The average molecular weight is 288 g/mol. The van der Waals surface area contributed by atoms with Gasteiger partial charge in [-0.1, -0.05) is 25.1 Å². The Balaban J connectivity index is 2.18. The molecule has 1 heterocycles. The van der Waals surface area contributed by atoms with E-state index >= 15 is 0 Å². The molecule has 0 saturated heterocycles. The molecule has 1 atom stereocenters. The van der Waals surface area contributed by atoms with Gasteiger partial charge in [0.2, 0.25) is 0 Å². The van der Waals surface area contributed by atoms with Crippen molar-refractivity contribution in [3.63, 3.8) is 0 Å². The molecule has 2 rings (SSSR count). The first kappa shape index (κ1) is 15.1. The van der Waals surface area contributed by atoms with Crippen molar-refractivity contribution in [1.82, 2.24) is 5.32 Å². The summed E-state index contributed by atoms with van der Waals surface area (Å²) in [5.41, 5.74) is 2.63. The summed E-state index contributed by atoms with van der Waals surface area (Å²) in [6.07, 6.45) is 2.23. The van der Waals surface area contributed by atoms with Gasteiger partial charge in [0.25, 0.3) is 0 Å². The molecule has 20 heavy (non-hydrogen) atoms. The Kier molecular flexibility index (Phi) is 5.62. The SMILES string of the molecule is CCCNC(Cc1cccs1)c1cccc(N(C)C)c1. The predicted molar refractivity (Wildman–Crippen MR) is 89.8 cm³/mol. The molecule has 0 spiro atoms. The fourth-order valence-electron chi connectivity index (χ4n) is 2.28. The van der Waals surface area contributed by atoms with Crippen LogP contribution in [0.5, 0.6) is 0 Å². The molecule has 0 aliphatic rings. The Morgan fingerprint density at radius 3 is 2.70 bits per heavy atom. The smallest absolute Gasteiger partial charge is 0.0369 e. The molecule has 108 valence electrons. The van der Waals surface area contributed by atoms with Gasteiger partial charge in [0, 0.05) is 37.1 Å². The molecule has 0 aliphatic heterocycles. The summed E-state index contributed by atoms with van der Waals surface area (Å²) >= 11 is 1.84. The van der Waals surface area contributed by atoms with E-state index in [-0.39, 0.29) is 0 Å². The van der Waals surface area contributed by atoms with Crippen LogP contribution in [0.2, 0.25) is 0 Å². The van der Waals surface area contributed by atoms with Crippen molar-refractivity contribution in [3.05, 3.63) is 52.2 Å². The van der Waals surface area contributed by atoms with Crippen LogP contribution in [-0.2, 0) is 6.42 Å². The van der Waals surface area contributed by atoms with Gasteiger partial charge < -0.3 is 10.2 Å². The van der Waals surface area contributed by atoms with Gasteiger partial charge in [-0.25, -0.2) is 0 Å². The largest absolute Gasteiger partial charge is 0.378 e. The number of anilines is 1. The van der Waals surface area contributed by atoms with E-state index in [1.807, 2.05) is 11.3 Å². The molecule has 0 radical (unpaired) electrons. The van der Waals surface area contributed by atoms with E-state index in [0.717, 1.165) is 19.4 Å². The number of thiophene rings is 1. The average Bonchev–Trinajstić information content (AvgIpc) is 2.96. The van der Waals surface area contributed by atoms with E-state index in [4.69, 9.17) is 0 Å². The minimum atomic E-state index is 0.397. The molecule has 2 nitrogen and oxygen atoms in total.